The fourth-order valence-electron chi connectivity index (χ4n) is 1.18. The summed E-state index contributed by atoms with van der Waals surface area (Å²) in [4.78, 5) is 18.3. The minimum Gasteiger partial charge on any atom is -0.478 e. The van der Waals surface area contributed by atoms with Crippen LogP contribution in [0.1, 0.15) is 35.8 Å². The Morgan fingerprint density at radius 2 is 2.31 bits per heavy atom. The largest absolute Gasteiger partial charge is 0.478 e. The molecular weight excluding hydrogens is 228 g/mol. The molecule has 0 aliphatic rings. The number of hydrogen-bond donors (Lipinski definition) is 1. The van der Waals surface area contributed by atoms with E-state index >= 15 is 0 Å². The molecule has 0 aliphatic heterocycles. The third-order valence-corrected chi connectivity index (χ3v) is 3.39. The van der Waals surface area contributed by atoms with E-state index in [0.717, 1.165) is 12.8 Å². The van der Waals surface area contributed by atoms with Gasteiger partial charge in [0.2, 0.25) is 0 Å². The van der Waals surface area contributed by atoms with Crippen LogP contribution in [0.2, 0.25) is 0 Å². The molecule has 0 radical (unpaired) electrons. The molecule has 1 atom stereocenters. The Balaban J connectivity index is 2.73. The molecule has 1 rings (SSSR count). The zero-order chi connectivity index (χ0) is 12.0. The van der Waals surface area contributed by atoms with E-state index in [1.54, 1.807) is 0 Å². The molecule has 0 saturated heterocycles. The predicted molar refractivity (Wildman–Crippen MR) is 60.6 cm³/mol. The lowest BCUT2D eigenvalue weighted by atomic mass is 10.2. The lowest BCUT2D eigenvalue weighted by Gasteiger charge is -2.03. The van der Waals surface area contributed by atoms with E-state index in [0.29, 0.717) is 11.4 Å². The van der Waals surface area contributed by atoms with Crippen LogP contribution >= 0.6 is 0 Å². The molecule has 0 fully saturated rings. The van der Waals surface area contributed by atoms with Gasteiger partial charge in [-0.3, -0.25) is 4.21 Å². The fourth-order valence-corrected chi connectivity index (χ4v) is 2.47. The van der Waals surface area contributed by atoms with Crippen LogP contribution < -0.4 is 0 Å². The van der Waals surface area contributed by atoms with E-state index in [9.17, 15) is 9.00 Å². The molecule has 0 spiro atoms. The van der Waals surface area contributed by atoms with Crippen molar-refractivity contribution in [1.82, 2.24) is 9.97 Å². The molecule has 5 nitrogen and oxygen atoms in total. The Kier molecular flexibility index (Phi) is 5.04. The summed E-state index contributed by atoms with van der Waals surface area (Å²) in [6, 6.07) is 0. The second-order valence-electron chi connectivity index (χ2n) is 3.33. The molecule has 16 heavy (non-hydrogen) atoms. The zero-order valence-electron chi connectivity index (χ0n) is 9.05. The van der Waals surface area contributed by atoms with Crippen molar-refractivity contribution < 1.29 is 14.1 Å². The van der Waals surface area contributed by atoms with Crippen LogP contribution in [-0.4, -0.2) is 31.0 Å². The molecule has 0 aliphatic carbocycles. The van der Waals surface area contributed by atoms with Crippen LogP contribution in [0.4, 0.5) is 0 Å². The summed E-state index contributed by atoms with van der Waals surface area (Å²) in [5.41, 5.74) is 0.379. The highest BCUT2D eigenvalue weighted by Crippen LogP contribution is 2.07. The summed E-state index contributed by atoms with van der Waals surface area (Å²) in [5.74, 6) is -0.313. The number of carbonyl (C=O) groups is 1. The maximum atomic E-state index is 11.6. The highest BCUT2D eigenvalue weighted by Gasteiger charge is 2.13. The Morgan fingerprint density at radius 3 is 2.94 bits per heavy atom. The van der Waals surface area contributed by atoms with E-state index in [1.165, 1.54) is 12.5 Å². The highest BCUT2D eigenvalue weighted by atomic mass is 32.2. The minimum absolute atomic E-state index is 0.0346. The Bertz CT molecular complexity index is 395. The SMILES string of the molecule is CCCCS(=O)Cc1ncncc1C(=O)O. The molecule has 1 aromatic heterocycles. The van der Waals surface area contributed by atoms with Gasteiger partial charge in [0.05, 0.1) is 11.4 Å². The summed E-state index contributed by atoms with van der Waals surface area (Å²) in [6.45, 7) is 2.02. The number of aromatic nitrogens is 2. The first-order valence-corrected chi connectivity index (χ1v) is 6.51. The van der Waals surface area contributed by atoms with Gasteiger partial charge >= 0.3 is 5.97 Å². The summed E-state index contributed by atoms with van der Waals surface area (Å²) in [5, 5.41) is 8.88. The van der Waals surface area contributed by atoms with Gasteiger partial charge in [-0.05, 0) is 6.42 Å². The van der Waals surface area contributed by atoms with E-state index in [4.69, 9.17) is 5.11 Å². The first-order valence-electron chi connectivity index (χ1n) is 5.02. The maximum Gasteiger partial charge on any atom is 0.339 e. The average Bonchev–Trinajstić information content (AvgIpc) is 2.27. The second kappa shape index (κ2) is 6.32. The smallest absolute Gasteiger partial charge is 0.339 e. The summed E-state index contributed by atoms with van der Waals surface area (Å²) >= 11 is 0. The van der Waals surface area contributed by atoms with E-state index in [2.05, 4.69) is 9.97 Å². The van der Waals surface area contributed by atoms with Crippen molar-refractivity contribution in [3.05, 3.63) is 23.8 Å². The normalized spacial score (nSPS) is 12.3. The third kappa shape index (κ3) is 3.69. The molecule has 1 unspecified atom stereocenters. The second-order valence-corrected chi connectivity index (χ2v) is 4.91. The Labute approximate surface area is 96.4 Å². The Morgan fingerprint density at radius 1 is 1.56 bits per heavy atom. The van der Waals surface area contributed by atoms with Gasteiger partial charge in [0.1, 0.15) is 11.9 Å². The van der Waals surface area contributed by atoms with Crippen molar-refractivity contribution >= 4 is 16.8 Å². The van der Waals surface area contributed by atoms with Crippen molar-refractivity contribution in [3.63, 3.8) is 0 Å². The first kappa shape index (κ1) is 12.8. The topological polar surface area (TPSA) is 80.2 Å². The molecular formula is C10H14N2O3S. The van der Waals surface area contributed by atoms with E-state index < -0.39 is 16.8 Å². The standard InChI is InChI=1S/C10H14N2O3S/c1-2-3-4-16(15)6-9-8(10(13)14)5-11-7-12-9/h5,7H,2-4,6H2,1H3,(H,13,14). The predicted octanol–water partition coefficient (Wildman–Crippen LogP) is 1.22. The van der Waals surface area contributed by atoms with E-state index in [1.807, 2.05) is 6.92 Å². The van der Waals surface area contributed by atoms with Crippen molar-refractivity contribution in [2.24, 2.45) is 0 Å². The monoisotopic (exact) mass is 242 g/mol. The van der Waals surface area contributed by atoms with Crippen LogP contribution in [0.5, 0.6) is 0 Å². The van der Waals surface area contributed by atoms with Gasteiger partial charge in [-0.15, -0.1) is 0 Å². The van der Waals surface area contributed by atoms with Crippen LogP contribution in [0.3, 0.4) is 0 Å². The van der Waals surface area contributed by atoms with Crippen molar-refractivity contribution in [3.8, 4) is 0 Å². The molecule has 6 heteroatoms. The molecule has 1 N–H and O–H groups in total. The molecule has 1 aromatic rings. The van der Waals surface area contributed by atoms with Gasteiger partial charge < -0.3 is 5.11 Å². The molecule has 88 valence electrons. The van der Waals surface area contributed by atoms with Gasteiger partial charge in [-0.1, -0.05) is 13.3 Å². The van der Waals surface area contributed by atoms with Crippen LogP contribution in [0.15, 0.2) is 12.5 Å². The maximum absolute atomic E-state index is 11.6. The fraction of sp³-hybridized carbons (Fsp3) is 0.500. The zero-order valence-corrected chi connectivity index (χ0v) is 9.87. The number of unbranched alkanes of at least 4 members (excludes halogenated alkanes) is 1. The number of carboxylic acid groups (broad SMARTS) is 1. The minimum atomic E-state index is -1.08. The van der Waals surface area contributed by atoms with Gasteiger partial charge in [0, 0.05) is 22.7 Å². The van der Waals surface area contributed by atoms with Gasteiger partial charge in [-0.25, -0.2) is 14.8 Å². The van der Waals surface area contributed by atoms with Crippen molar-refractivity contribution in [2.45, 2.75) is 25.5 Å². The van der Waals surface area contributed by atoms with Gasteiger partial charge in [-0.2, -0.15) is 0 Å². The van der Waals surface area contributed by atoms with Crippen LogP contribution in [-0.2, 0) is 16.6 Å². The molecule has 0 saturated carbocycles. The Hall–Kier alpha value is -1.30. The summed E-state index contributed by atoms with van der Waals surface area (Å²) in [6.07, 6.45) is 4.36. The molecule has 0 bridgehead atoms. The lowest BCUT2D eigenvalue weighted by molar-refractivity contribution is 0.0695. The van der Waals surface area contributed by atoms with Gasteiger partial charge in [0.15, 0.2) is 0 Å². The summed E-state index contributed by atoms with van der Waals surface area (Å²) in [7, 11) is -1.05. The number of nitrogens with zero attached hydrogens (tertiary/aromatic N) is 2. The number of rotatable bonds is 6. The number of hydrogen-bond acceptors (Lipinski definition) is 4. The molecule has 1 heterocycles. The number of carboxylic acids is 1. The molecule has 0 amide bonds. The van der Waals surface area contributed by atoms with Crippen molar-refractivity contribution in [1.29, 1.82) is 0 Å². The summed E-state index contributed by atoms with van der Waals surface area (Å²) < 4.78 is 11.6. The van der Waals surface area contributed by atoms with Crippen LogP contribution in [0, 0.1) is 0 Å². The average molecular weight is 242 g/mol. The number of aromatic carboxylic acids is 1. The van der Waals surface area contributed by atoms with E-state index in [-0.39, 0.29) is 11.3 Å². The highest BCUT2D eigenvalue weighted by molar-refractivity contribution is 7.84. The van der Waals surface area contributed by atoms with Crippen LogP contribution in [0.25, 0.3) is 0 Å². The lowest BCUT2D eigenvalue weighted by Crippen LogP contribution is -2.09. The molecule has 0 aromatic carbocycles. The van der Waals surface area contributed by atoms with Gasteiger partial charge in [0.25, 0.3) is 0 Å². The quantitative estimate of drug-likeness (QED) is 0.811. The third-order valence-electron chi connectivity index (χ3n) is 2.05. The first-order chi connectivity index (χ1) is 7.65. The van der Waals surface area contributed by atoms with Crippen molar-refractivity contribution in [2.75, 3.05) is 5.75 Å².